The van der Waals surface area contributed by atoms with Crippen LogP contribution >= 0.6 is 0 Å². The second kappa shape index (κ2) is 4.38. The first-order valence-corrected chi connectivity index (χ1v) is 4.86. The van der Waals surface area contributed by atoms with E-state index in [2.05, 4.69) is 4.98 Å². The SMILES string of the molecule is COc1cc(N)ncc1C(=O)OC(C)(C)C. The molecule has 2 N–H and O–H groups in total. The third-order valence-electron chi connectivity index (χ3n) is 1.73. The molecule has 1 aromatic heterocycles. The molecule has 0 fully saturated rings. The minimum absolute atomic E-state index is 0.270. The van der Waals surface area contributed by atoms with E-state index in [1.807, 2.05) is 0 Å². The molecular weight excluding hydrogens is 208 g/mol. The maximum absolute atomic E-state index is 11.8. The first-order chi connectivity index (χ1) is 7.33. The Hall–Kier alpha value is -1.78. The van der Waals surface area contributed by atoms with Gasteiger partial charge in [0.1, 0.15) is 22.7 Å². The van der Waals surface area contributed by atoms with Crippen molar-refractivity contribution in [2.24, 2.45) is 0 Å². The van der Waals surface area contributed by atoms with Crippen molar-refractivity contribution in [3.8, 4) is 5.75 Å². The first-order valence-electron chi connectivity index (χ1n) is 4.86. The molecule has 0 amide bonds. The van der Waals surface area contributed by atoms with Gasteiger partial charge in [-0.05, 0) is 20.8 Å². The highest BCUT2D eigenvalue weighted by Gasteiger charge is 2.21. The minimum Gasteiger partial charge on any atom is -0.496 e. The van der Waals surface area contributed by atoms with Gasteiger partial charge in [0.15, 0.2) is 0 Å². The summed E-state index contributed by atoms with van der Waals surface area (Å²) in [4.78, 5) is 15.6. The number of nitrogen functional groups attached to an aromatic ring is 1. The van der Waals surface area contributed by atoms with Gasteiger partial charge in [0.2, 0.25) is 0 Å². The number of pyridine rings is 1. The van der Waals surface area contributed by atoms with Crippen LogP contribution in [0.25, 0.3) is 0 Å². The molecule has 1 heterocycles. The summed E-state index contributed by atoms with van der Waals surface area (Å²) < 4.78 is 10.2. The molecule has 16 heavy (non-hydrogen) atoms. The average Bonchev–Trinajstić information content (AvgIpc) is 2.14. The van der Waals surface area contributed by atoms with E-state index in [1.165, 1.54) is 19.4 Å². The molecule has 1 rings (SSSR count). The molecule has 5 nitrogen and oxygen atoms in total. The summed E-state index contributed by atoms with van der Waals surface area (Å²) in [5.41, 5.74) is 5.21. The van der Waals surface area contributed by atoms with Gasteiger partial charge < -0.3 is 15.2 Å². The molecule has 0 bridgehead atoms. The molecule has 0 aromatic carbocycles. The van der Waals surface area contributed by atoms with E-state index in [1.54, 1.807) is 20.8 Å². The van der Waals surface area contributed by atoms with Crippen LogP contribution in [0, 0.1) is 0 Å². The number of anilines is 1. The Balaban J connectivity index is 2.99. The van der Waals surface area contributed by atoms with Gasteiger partial charge in [-0.15, -0.1) is 0 Å². The Kier molecular flexibility index (Phi) is 3.37. The molecule has 0 aliphatic heterocycles. The summed E-state index contributed by atoms with van der Waals surface area (Å²) in [6.07, 6.45) is 1.35. The van der Waals surface area contributed by atoms with Gasteiger partial charge in [-0.25, -0.2) is 9.78 Å². The Morgan fingerprint density at radius 3 is 2.56 bits per heavy atom. The number of nitrogens with two attached hydrogens (primary N) is 1. The lowest BCUT2D eigenvalue weighted by Gasteiger charge is -2.20. The molecule has 0 saturated heterocycles. The summed E-state index contributed by atoms with van der Waals surface area (Å²) in [5.74, 6) is 0.183. The predicted molar refractivity (Wildman–Crippen MR) is 60.4 cm³/mol. The largest absolute Gasteiger partial charge is 0.496 e. The number of carbonyl (C=O) groups excluding carboxylic acids is 1. The van der Waals surface area contributed by atoms with Crippen LogP contribution < -0.4 is 10.5 Å². The Labute approximate surface area is 94.6 Å². The van der Waals surface area contributed by atoms with Gasteiger partial charge >= 0.3 is 5.97 Å². The summed E-state index contributed by atoms with van der Waals surface area (Å²) in [7, 11) is 1.46. The van der Waals surface area contributed by atoms with Gasteiger partial charge in [0.25, 0.3) is 0 Å². The number of carbonyl (C=O) groups is 1. The Morgan fingerprint density at radius 2 is 2.06 bits per heavy atom. The van der Waals surface area contributed by atoms with E-state index in [0.29, 0.717) is 11.6 Å². The topological polar surface area (TPSA) is 74.4 Å². The van der Waals surface area contributed by atoms with Crippen molar-refractivity contribution < 1.29 is 14.3 Å². The summed E-state index contributed by atoms with van der Waals surface area (Å²) in [6.45, 7) is 5.38. The number of nitrogens with zero attached hydrogens (tertiary/aromatic N) is 1. The van der Waals surface area contributed by atoms with E-state index < -0.39 is 11.6 Å². The van der Waals surface area contributed by atoms with E-state index in [9.17, 15) is 4.79 Å². The Morgan fingerprint density at radius 1 is 1.44 bits per heavy atom. The van der Waals surface area contributed by atoms with Crippen molar-refractivity contribution in [1.29, 1.82) is 0 Å². The third kappa shape index (κ3) is 3.12. The summed E-state index contributed by atoms with van der Waals surface area (Å²) in [5, 5.41) is 0. The van der Waals surface area contributed by atoms with Gasteiger partial charge in [-0.3, -0.25) is 0 Å². The van der Waals surface area contributed by atoms with Gasteiger partial charge in [0.05, 0.1) is 7.11 Å². The maximum Gasteiger partial charge on any atom is 0.344 e. The highest BCUT2D eigenvalue weighted by molar-refractivity contribution is 5.92. The van der Waals surface area contributed by atoms with Crippen LogP contribution in [-0.2, 0) is 4.74 Å². The highest BCUT2D eigenvalue weighted by atomic mass is 16.6. The van der Waals surface area contributed by atoms with Crippen LogP contribution in [-0.4, -0.2) is 23.7 Å². The fourth-order valence-electron chi connectivity index (χ4n) is 1.11. The molecule has 5 heteroatoms. The van der Waals surface area contributed by atoms with E-state index in [0.717, 1.165) is 0 Å². The van der Waals surface area contributed by atoms with Crippen LogP contribution in [0.5, 0.6) is 5.75 Å². The van der Waals surface area contributed by atoms with Crippen molar-refractivity contribution in [2.45, 2.75) is 26.4 Å². The number of aromatic nitrogens is 1. The minimum atomic E-state index is -0.552. The zero-order valence-electron chi connectivity index (χ0n) is 9.90. The molecule has 0 aliphatic carbocycles. The normalized spacial score (nSPS) is 11.0. The van der Waals surface area contributed by atoms with Crippen LogP contribution in [0.15, 0.2) is 12.3 Å². The number of esters is 1. The molecule has 0 unspecified atom stereocenters. The van der Waals surface area contributed by atoms with Crippen molar-refractivity contribution in [3.63, 3.8) is 0 Å². The molecule has 0 atom stereocenters. The molecule has 0 spiro atoms. The Bertz CT molecular complexity index is 397. The van der Waals surface area contributed by atoms with Crippen LogP contribution in [0.4, 0.5) is 5.82 Å². The maximum atomic E-state index is 11.8. The average molecular weight is 224 g/mol. The summed E-state index contributed by atoms with van der Waals surface area (Å²) >= 11 is 0. The van der Waals surface area contributed by atoms with E-state index >= 15 is 0 Å². The van der Waals surface area contributed by atoms with Gasteiger partial charge in [-0.1, -0.05) is 0 Å². The monoisotopic (exact) mass is 224 g/mol. The lowest BCUT2D eigenvalue weighted by Crippen LogP contribution is -2.24. The molecule has 0 saturated carbocycles. The zero-order chi connectivity index (χ0) is 12.3. The molecule has 88 valence electrons. The smallest absolute Gasteiger partial charge is 0.344 e. The predicted octanol–water partition coefficient (Wildman–Crippen LogP) is 1.63. The third-order valence-corrected chi connectivity index (χ3v) is 1.73. The second-order valence-corrected chi connectivity index (χ2v) is 4.31. The zero-order valence-corrected chi connectivity index (χ0v) is 9.90. The van der Waals surface area contributed by atoms with Crippen LogP contribution in [0.3, 0.4) is 0 Å². The number of ether oxygens (including phenoxy) is 2. The second-order valence-electron chi connectivity index (χ2n) is 4.31. The highest BCUT2D eigenvalue weighted by Crippen LogP contribution is 2.22. The van der Waals surface area contributed by atoms with Crippen molar-refractivity contribution in [1.82, 2.24) is 4.98 Å². The molecular formula is C11H16N2O3. The fraction of sp³-hybridized carbons (Fsp3) is 0.455. The lowest BCUT2D eigenvalue weighted by molar-refractivity contribution is 0.00661. The van der Waals surface area contributed by atoms with Gasteiger partial charge in [-0.2, -0.15) is 0 Å². The quantitative estimate of drug-likeness (QED) is 0.773. The van der Waals surface area contributed by atoms with E-state index in [-0.39, 0.29) is 5.56 Å². The van der Waals surface area contributed by atoms with Crippen molar-refractivity contribution >= 4 is 11.8 Å². The fourth-order valence-corrected chi connectivity index (χ4v) is 1.11. The van der Waals surface area contributed by atoms with E-state index in [4.69, 9.17) is 15.2 Å². The number of hydrogen-bond donors (Lipinski definition) is 1. The number of methoxy groups -OCH3 is 1. The van der Waals surface area contributed by atoms with Crippen LogP contribution in [0.2, 0.25) is 0 Å². The van der Waals surface area contributed by atoms with Crippen LogP contribution in [0.1, 0.15) is 31.1 Å². The first kappa shape index (κ1) is 12.3. The lowest BCUT2D eigenvalue weighted by atomic mass is 10.2. The molecule has 1 aromatic rings. The molecule has 0 aliphatic rings. The standard InChI is InChI=1S/C11H16N2O3/c1-11(2,3)16-10(14)7-6-13-9(12)5-8(7)15-4/h5-6H,1-4H3,(H2,12,13). The molecule has 0 radical (unpaired) electrons. The summed E-state index contributed by atoms with van der Waals surface area (Å²) in [6, 6.07) is 1.49. The number of hydrogen-bond acceptors (Lipinski definition) is 5. The van der Waals surface area contributed by atoms with Crippen molar-refractivity contribution in [2.75, 3.05) is 12.8 Å². The van der Waals surface area contributed by atoms with Gasteiger partial charge in [0, 0.05) is 12.3 Å². The number of rotatable bonds is 2. The van der Waals surface area contributed by atoms with Crippen molar-refractivity contribution in [3.05, 3.63) is 17.8 Å².